The molecule has 0 aromatic carbocycles. The van der Waals surface area contributed by atoms with E-state index in [1.807, 2.05) is 0 Å². The number of hydrogen-bond acceptors (Lipinski definition) is 2. The number of nitrogens with two attached hydrogens (primary N) is 1. The summed E-state index contributed by atoms with van der Waals surface area (Å²) >= 11 is 0. The number of aliphatic hydroxyl groups is 1. The van der Waals surface area contributed by atoms with Gasteiger partial charge in [-0.1, -0.05) is 0 Å². The molecule has 0 radical (unpaired) electrons. The Labute approximate surface area is 61.4 Å². The Morgan fingerprint density at radius 2 is 2.30 bits per heavy atom. The van der Waals surface area contributed by atoms with Crippen molar-refractivity contribution in [1.82, 2.24) is 0 Å². The van der Waals surface area contributed by atoms with E-state index in [4.69, 9.17) is 5.73 Å². The van der Waals surface area contributed by atoms with Crippen LogP contribution in [0.15, 0.2) is 0 Å². The van der Waals surface area contributed by atoms with E-state index in [0.29, 0.717) is 12.5 Å². The first kappa shape index (κ1) is 6.62. The molecule has 3 atom stereocenters. The van der Waals surface area contributed by atoms with Gasteiger partial charge >= 0.3 is 0 Å². The molecular formula is C8H15NO. The van der Waals surface area contributed by atoms with Crippen molar-refractivity contribution < 1.29 is 5.11 Å². The molecule has 2 saturated carbocycles. The molecule has 2 heteroatoms. The molecule has 0 aromatic rings. The highest BCUT2D eigenvalue weighted by Gasteiger charge is 2.48. The molecule has 2 fully saturated rings. The third kappa shape index (κ3) is 0.722. The maximum Gasteiger partial charge on any atom is 0.0800 e. The van der Waals surface area contributed by atoms with E-state index < -0.39 is 5.60 Å². The maximum atomic E-state index is 9.87. The summed E-state index contributed by atoms with van der Waals surface area (Å²) in [5, 5.41) is 9.87. The van der Waals surface area contributed by atoms with Gasteiger partial charge in [-0.25, -0.2) is 0 Å². The van der Waals surface area contributed by atoms with E-state index in [-0.39, 0.29) is 0 Å². The largest absolute Gasteiger partial charge is 0.388 e. The van der Waals surface area contributed by atoms with Gasteiger partial charge < -0.3 is 10.8 Å². The molecule has 2 rings (SSSR count). The summed E-state index contributed by atoms with van der Waals surface area (Å²) in [6, 6.07) is 0. The second kappa shape index (κ2) is 1.95. The fourth-order valence-corrected chi connectivity index (χ4v) is 2.66. The minimum absolute atomic E-state index is 0.466. The van der Waals surface area contributed by atoms with Crippen LogP contribution in [-0.2, 0) is 0 Å². The van der Waals surface area contributed by atoms with Gasteiger partial charge in [0.25, 0.3) is 0 Å². The lowest BCUT2D eigenvalue weighted by Crippen LogP contribution is -2.42. The lowest BCUT2D eigenvalue weighted by atomic mass is 9.84. The third-order valence-electron chi connectivity index (χ3n) is 3.30. The zero-order valence-electron chi connectivity index (χ0n) is 6.21. The molecule has 2 aliphatic rings. The van der Waals surface area contributed by atoms with Gasteiger partial charge in [0.05, 0.1) is 5.60 Å². The topological polar surface area (TPSA) is 46.2 Å². The molecule has 0 spiro atoms. The van der Waals surface area contributed by atoms with Crippen LogP contribution in [-0.4, -0.2) is 17.3 Å². The van der Waals surface area contributed by atoms with Crippen molar-refractivity contribution in [3.8, 4) is 0 Å². The molecule has 0 amide bonds. The molecule has 58 valence electrons. The summed E-state index contributed by atoms with van der Waals surface area (Å²) in [4.78, 5) is 0. The van der Waals surface area contributed by atoms with Gasteiger partial charge in [-0.15, -0.1) is 0 Å². The predicted molar refractivity (Wildman–Crippen MR) is 39.5 cm³/mol. The SMILES string of the molecule is NCC1(O)C[C@@H]2CC[C@H]1C2. The Balaban J connectivity index is 2.14. The summed E-state index contributed by atoms with van der Waals surface area (Å²) in [7, 11) is 0. The molecule has 2 nitrogen and oxygen atoms in total. The highest BCUT2D eigenvalue weighted by atomic mass is 16.3. The molecule has 10 heavy (non-hydrogen) atoms. The standard InChI is InChI=1S/C8H15NO/c9-5-8(10)4-6-1-2-7(8)3-6/h6-7,10H,1-5,9H2/t6-,7+,8?/m1/s1. The van der Waals surface area contributed by atoms with Crippen LogP contribution >= 0.6 is 0 Å². The monoisotopic (exact) mass is 141 g/mol. The van der Waals surface area contributed by atoms with E-state index in [9.17, 15) is 5.11 Å². The average Bonchev–Trinajstić information content (AvgIpc) is 2.46. The maximum absolute atomic E-state index is 9.87. The minimum atomic E-state index is -0.469. The van der Waals surface area contributed by atoms with Crippen LogP contribution in [0.4, 0.5) is 0 Å². The van der Waals surface area contributed by atoms with Gasteiger partial charge in [-0.3, -0.25) is 0 Å². The summed E-state index contributed by atoms with van der Waals surface area (Å²) in [6.07, 6.45) is 4.73. The van der Waals surface area contributed by atoms with Crippen molar-refractivity contribution in [2.45, 2.75) is 31.3 Å². The van der Waals surface area contributed by atoms with Crippen molar-refractivity contribution in [2.24, 2.45) is 17.6 Å². The van der Waals surface area contributed by atoms with Crippen LogP contribution in [0.25, 0.3) is 0 Å². The highest BCUT2D eigenvalue weighted by molar-refractivity contribution is 5.01. The quantitative estimate of drug-likeness (QED) is 0.558. The van der Waals surface area contributed by atoms with E-state index in [0.717, 1.165) is 12.3 Å². The summed E-state index contributed by atoms with van der Waals surface area (Å²) in [5.41, 5.74) is 5.04. The van der Waals surface area contributed by atoms with Crippen LogP contribution in [0.1, 0.15) is 25.7 Å². The van der Waals surface area contributed by atoms with E-state index in [1.54, 1.807) is 0 Å². The second-order valence-electron chi connectivity index (χ2n) is 3.89. The van der Waals surface area contributed by atoms with Gasteiger partial charge in [0.15, 0.2) is 0 Å². The van der Waals surface area contributed by atoms with Crippen LogP contribution in [0.2, 0.25) is 0 Å². The van der Waals surface area contributed by atoms with Crippen molar-refractivity contribution in [3.05, 3.63) is 0 Å². The van der Waals surface area contributed by atoms with Crippen molar-refractivity contribution in [3.63, 3.8) is 0 Å². The molecule has 0 aromatic heterocycles. The first-order valence-electron chi connectivity index (χ1n) is 4.17. The third-order valence-corrected chi connectivity index (χ3v) is 3.30. The Bertz CT molecular complexity index is 148. The first-order valence-corrected chi connectivity index (χ1v) is 4.17. The van der Waals surface area contributed by atoms with E-state index >= 15 is 0 Å². The van der Waals surface area contributed by atoms with E-state index in [1.165, 1.54) is 19.3 Å². The first-order chi connectivity index (χ1) is 4.74. The Morgan fingerprint density at radius 1 is 1.50 bits per heavy atom. The van der Waals surface area contributed by atoms with Crippen LogP contribution in [0.3, 0.4) is 0 Å². The molecular weight excluding hydrogens is 126 g/mol. The number of fused-ring (bicyclic) bond motifs is 2. The zero-order valence-corrected chi connectivity index (χ0v) is 6.21. The molecule has 0 aliphatic heterocycles. The normalized spacial score (nSPS) is 52.2. The minimum Gasteiger partial charge on any atom is -0.388 e. The van der Waals surface area contributed by atoms with Crippen LogP contribution in [0.5, 0.6) is 0 Å². The molecule has 0 saturated heterocycles. The lowest BCUT2D eigenvalue weighted by Gasteiger charge is -2.30. The van der Waals surface area contributed by atoms with Gasteiger partial charge in [-0.05, 0) is 37.5 Å². The van der Waals surface area contributed by atoms with Gasteiger partial charge in [0.2, 0.25) is 0 Å². The average molecular weight is 141 g/mol. The van der Waals surface area contributed by atoms with Crippen molar-refractivity contribution in [1.29, 1.82) is 0 Å². The predicted octanol–water partition coefficient (Wildman–Crippen LogP) is 0.496. The zero-order chi connectivity index (χ0) is 7.19. The fraction of sp³-hybridized carbons (Fsp3) is 1.00. The van der Waals surface area contributed by atoms with Crippen molar-refractivity contribution >= 4 is 0 Å². The van der Waals surface area contributed by atoms with Gasteiger partial charge in [0.1, 0.15) is 0 Å². The second-order valence-corrected chi connectivity index (χ2v) is 3.89. The Hall–Kier alpha value is -0.0800. The summed E-state index contributed by atoms with van der Waals surface area (Å²) < 4.78 is 0. The highest BCUT2D eigenvalue weighted by Crippen LogP contribution is 2.50. The van der Waals surface area contributed by atoms with Gasteiger partial charge in [0, 0.05) is 6.54 Å². The molecule has 3 N–H and O–H groups in total. The van der Waals surface area contributed by atoms with Crippen LogP contribution in [0, 0.1) is 11.8 Å². The smallest absolute Gasteiger partial charge is 0.0800 e. The lowest BCUT2D eigenvalue weighted by molar-refractivity contribution is -0.00419. The fourth-order valence-electron chi connectivity index (χ4n) is 2.66. The van der Waals surface area contributed by atoms with Gasteiger partial charge in [-0.2, -0.15) is 0 Å². The Morgan fingerprint density at radius 3 is 2.60 bits per heavy atom. The number of hydrogen-bond donors (Lipinski definition) is 2. The Kier molecular flexibility index (Phi) is 1.29. The summed E-state index contributed by atoms with van der Waals surface area (Å²) in [6.45, 7) is 0.466. The van der Waals surface area contributed by atoms with Crippen LogP contribution < -0.4 is 5.73 Å². The van der Waals surface area contributed by atoms with E-state index in [2.05, 4.69) is 0 Å². The number of rotatable bonds is 1. The van der Waals surface area contributed by atoms with Crippen molar-refractivity contribution in [2.75, 3.05) is 6.54 Å². The molecule has 2 bridgehead atoms. The summed E-state index contributed by atoms with van der Waals surface area (Å²) in [5.74, 6) is 1.32. The molecule has 2 aliphatic carbocycles. The molecule has 1 unspecified atom stereocenters. The molecule has 0 heterocycles.